The van der Waals surface area contributed by atoms with E-state index in [2.05, 4.69) is 6.92 Å². The van der Waals surface area contributed by atoms with Crippen molar-refractivity contribution in [2.75, 3.05) is 6.61 Å². The molecule has 1 rings (SSSR count). The van der Waals surface area contributed by atoms with Crippen molar-refractivity contribution in [3.05, 3.63) is 23.8 Å². The Hall–Kier alpha value is -1.71. The molecule has 0 saturated heterocycles. The Morgan fingerprint density at radius 1 is 1.29 bits per heavy atom. The van der Waals surface area contributed by atoms with Crippen molar-refractivity contribution in [1.82, 2.24) is 0 Å². The van der Waals surface area contributed by atoms with E-state index in [9.17, 15) is 9.90 Å². The zero-order valence-corrected chi connectivity index (χ0v) is 9.98. The van der Waals surface area contributed by atoms with Crippen LogP contribution in [0.15, 0.2) is 18.2 Å². The molecule has 17 heavy (non-hydrogen) atoms. The molecule has 0 aliphatic rings. The van der Waals surface area contributed by atoms with Crippen LogP contribution in [0.25, 0.3) is 0 Å². The van der Waals surface area contributed by atoms with Gasteiger partial charge in [0.05, 0.1) is 6.61 Å². The Labute approximate surface area is 101 Å². The lowest BCUT2D eigenvalue weighted by Crippen LogP contribution is -2.00. The predicted molar refractivity (Wildman–Crippen MR) is 64.7 cm³/mol. The van der Waals surface area contributed by atoms with Crippen molar-refractivity contribution in [2.45, 2.75) is 32.6 Å². The van der Waals surface area contributed by atoms with Crippen molar-refractivity contribution in [3.8, 4) is 11.5 Å². The molecule has 0 radical (unpaired) electrons. The van der Waals surface area contributed by atoms with Crippen LogP contribution in [0.2, 0.25) is 0 Å². The standard InChI is InChI=1S/C13H18O4/c1-2-3-4-5-8-17-10-6-7-11(13(15)16)12(14)9-10/h6-7,9,14H,2-5,8H2,1H3,(H,15,16). The fraction of sp³-hybridized carbons (Fsp3) is 0.462. The van der Waals surface area contributed by atoms with Crippen LogP contribution in [0.3, 0.4) is 0 Å². The number of carbonyl (C=O) groups is 1. The highest BCUT2D eigenvalue weighted by Crippen LogP contribution is 2.23. The number of phenols is 1. The maximum Gasteiger partial charge on any atom is 0.339 e. The lowest BCUT2D eigenvalue weighted by atomic mass is 10.2. The van der Waals surface area contributed by atoms with Gasteiger partial charge >= 0.3 is 5.97 Å². The molecule has 0 atom stereocenters. The van der Waals surface area contributed by atoms with Crippen LogP contribution in [0.1, 0.15) is 43.0 Å². The van der Waals surface area contributed by atoms with Gasteiger partial charge in [0.2, 0.25) is 0 Å². The highest BCUT2D eigenvalue weighted by Gasteiger charge is 2.09. The zero-order valence-electron chi connectivity index (χ0n) is 9.98. The lowest BCUT2D eigenvalue weighted by Gasteiger charge is -2.07. The van der Waals surface area contributed by atoms with Crippen LogP contribution in [0, 0.1) is 0 Å². The SMILES string of the molecule is CCCCCCOc1ccc(C(=O)O)c(O)c1. The number of carboxylic acids is 1. The summed E-state index contributed by atoms with van der Waals surface area (Å²) < 4.78 is 5.42. The topological polar surface area (TPSA) is 66.8 Å². The van der Waals surface area contributed by atoms with Gasteiger partial charge in [0.25, 0.3) is 0 Å². The number of carboxylic acid groups (broad SMARTS) is 1. The average Bonchev–Trinajstić information content (AvgIpc) is 2.28. The summed E-state index contributed by atoms with van der Waals surface area (Å²) in [5, 5.41) is 18.2. The van der Waals surface area contributed by atoms with Crippen LogP contribution >= 0.6 is 0 Å². The third-order valence-corrected chi connectivity index (χ3v) is 2.47. The van der Waals surface area contributed by atoms with Gasteiger partial charge in [-0.05, 0) is 18.6 Å². The molecule has 4 heteroatoms. The highest BCUT2D eigenvalue weighted by molar-refractivity contribution is 5.90. The lowest BCUT2D eigenvalue weighted by molar-refractivity contribution is 0.0693. The van der Waals surface area contributed by atoms with Gasteiger partial charge in [0.15, 0.2) is 0 Å². The predicted octanol–water partition coefficient (Wildman–Crippen LogP) is 3.05. The van der Waals surface area contributed by atoms with E-state index in [1.807, 2.05) is 0 Å². The Bertz CT molecular complexity index is 374. The molecular weight excluding hydrogens is 220 g/mol. The second-order valence-corrected chi connectivity index (χ2v) is 3.89. The number of hydrogen-bond donors (Lipinski definition) is 2. The van der Waals surface area contributed by atoms with Gasteiger partial charge in [-0.1, -0.05) is 26.2 Å². The number of hydrogen-bond acceptors (Lipinski definition) is 3. The summed E-state index contributed by atoms with van der Waals surface area (Å²) >= 11 is 0. The number of unbranched alkanes of at least 4 members (excludes halogenated alkanes) is 3. The Morgan fingerprint density at radius 2 is 2.06 bits per heavy atom. The number of rotatable bonds is 7. The first-order valence-electron chi connectivity index (χ1n) is 5.84. The van der Waals surface area contributed by atoms with E-state index < -0.39 is 5.97 Å². The first-order valence-corrected chi connectivity index (χ1v) is 5.84. The van der Waals surface area contributed by atoms with Crippen LogP contribution < -0.4 is 4.74 Å². The fourth-order valence-electron chi connectivity index (χ4n) is 1.50. The van der Waals surface area contributed by atoms with Crippen LogP contribution in [-0.4, -0.2) is 22.8 Å². The molecule has 1 aromatic carbocycles. The molecule has 0 heterocycles. The van der Waals surface area contributed by atoms with Gasteiger partial charge in [-0.2, -0.15) is 0 Å². The van der Waals surface area contributed by atoms with Gasteiger partial charge in [0, 0.05) is 6.07 Å². The van der Waals surface area contributed by atoms with E-state index in [0.717, 1.165) is 12.8 Å². The second kappa shape index (κ2) is 6.78. The van der Waals surface area contributed by atoms with E-state index in [1.54, 1.807) is 6.07 Å². The third-order valence-electron chi connectivity index (χ3n) is 2.47. The van der Waals surface area contributed by atoms with Crippen molar-refractivity contribution in [3.63, 3.8) is 0 Å². The van der Waals surface area contributed by atoms with Gasteiger partial charge in [-0.25, -0.2) is 4.79 Å². The van der Waals surface area contributed by atoms with Crippen LogP contribution in [0.5, 0.6) is 11.5 Å². The van der Waals surface area contributed by atoms with Gasteiger partial charge in [-0.15, -0.1) is 0 Å². The van der Waals surface area contributed by atoms with Crippen LogP contribution in [-0.2, 0) is 0 Å². The number of ether oxygens (including phenoxy) is 1. The molecule has 0 amide bonds. The summed E-state index contributed by atoms with van der Waals surface area (Å²) in [6, 6.07) is 4.24. The average molecular weight is 238 g/mol. The van der Waals surface area contributed by atoms with Gasteiger partial charge in [0.1, 0.15) is 17.1 Å². The molecule has 0 unspecified atom stereocenters. The normalized spacial score (nSPS) is 10.2. The number of aromatic carboxylic acids is 1. The summed E-state index contributed by atoms with van der Waals surface area (Å²) in [6.07, 6.45) is 4.45. The Balaban J connectivity index is 2.45. The molecular formula is C13H18O4. The second-order valence-electron chi connectivity index (χ2n) is 3.89. The van der Waals surface area contributed by atoms with E-state index >= 15 is 0 Å². The largest absolute Gasteiger partial charge is 0.507 e. The van der Waals surface area contributed by atoms with E-state index in [4.69, 9.17) is 9.84 Å². The molecule has 0 fully saturated rings. The van der Waals surface area contributed by atoms with Crippen LogP contribution in [0.4, 0.5) is 0 Å². The summed E-state index contributed by atoms with van der Waals surface area (Å²) in [4.78, 5) is 10.7. The molecule has 94 valence electrons. The summed E-state index contributed by atoms with van der Waals surface area (Å²) in [7, 11) is 0. The fourth-order valence-corrected chi connectivity index (χ4v) is 1.50. The molecule has 0 aliphatic heterocycles. The summed E-state index contributed by atoms with van der Waals surface area (Å²) in [5.41, 5.74) is -0.108. The molecule has 0 aliphatic carbocycles. The summed E-state index contributed by atoms with van der Waals surface area (Å²) in [5.74, 6) is -0.899. The monoisotopic (exact) mass is 238 g/mol. The Kier molecular flexibility index (Phi) is 5.33. The van der Waals surface area contributed by atoms with Crippen molar-refractivity contribution < 1.29 is 19.7 Å². The molecule has 0 spiro atoms. The Morgan fingerprint density at radius 3 is 2.65 bits per heavy atom. The minimum atomic E-state index is -1.14. The smallest absolute Gasteiger partial charge is 0.339 e. The number of aromatic hydroxyl groups is 1. The number of benzene rings is 1. The van der Waals surface area contributed by atoms with Crippen molar-refractivity contribution in [1.29, 1.82) is 0 Å². The molecule has 4 nitrogen and oxygen atoms in total. The molecule has 2 N–H and O–H groups in total. The van der Waals surface area contributed by atoms with Gasteiger partial charge < -0.3 is 14.9 Å². The highest BCUT2D eigenvalue weighted by atomic mass is 16.5. The van der Waals surface area contributed by atoms with E-state index in [-0.39, 0.29) is 11.3 Å². The summed E-state index contributed by atoms with van der Waals surface area (Å²) in [6.45, 7) is 2.73. The quantitative estimate of drug-likeness (QED) is 0.716. The molecule has 0 bridgehead atoms. The molecule has 0 aromatic heterocycles. The first kappa shape index (κ1) is 13.4. The van der Waals surface area contributed by atoms with E-state index in [0.29, 0.717) is 12.4 Å². The van der Waals surface area contributed by atoms with Gasteiger partial charge in [-0.3, -0.25) is 0 Å². The molecule has 1 aromatic rings. The first-order chi connectivity index (χ1) is 8.15. The minimum Gasteiger partial charge on any atom is -0.507 e. The molecule has 0 saturated carbocycles. The maximum absolute atomic E-state index is 10.7. The van der Waals surface area contributed by atoms with E-state index in [1.165, 1.54) is 25.0 Å². The minimum absolute atomic E-state index is 0.108. The maximum atomic E-state index is 10.7. The van der Waals surface area contributed by atoms with Crippen molar-refractivity contribution in [2.24, 2.45) is 0 Å². The van der Waals surface area contributed by atoms with Crippen molar-refractivity contribution >= 4 is 5.97 Å². The third kappa shape index (κ3) is 4.34. The zero-order chi connectivity index (χ0) is 12.7.